The zero-order chi connectivity index (χ0) is 18.2. The molecule has 5 heteroatoms. The van der Waals surface area contributed by atoms with Gasteiger partial charge in [0.25, 0.3) is 0 Å². The Morgan fingerprint density at radius 1 is 1.29 bits per heavy atom. The lowest BCUT2D eigenvalue weighted by Gasteiger charge is -2.19. The van der Waals surface area contributed by atoms with Gasteiger partial charge in [-0.3, -0.25) is 4.79 Å². The van der Waals surface area contributed by atoms with Gasteiger partial charge in [0, 0.05) is 6.54 Å². The predicted octanol–water partition coefficient (Wildman–Crippen LogP) is 3.71. The van der Waals surface area contributed by atoms with Crippen molar-refractivity contribution in [2.24, 2.45) is 11.3 Å². The first-order valence-corrected chi connectivity index (χ1v) is 8.50. The summed E-state index contributed by atoms with van der Waals surface area (Å²) in [4.78, 5) is 11.1. The van der Waals surface area contributed by atoms with E-state index in [0.717, 1.165) is 23.5 Å². The number of aliphatic carboxylic acids is 1. The lowest BCUT2D eigenvalue weighted by molar-refractivity contribution is -0.147. The molecule has 0 aromatic heterocycles. The van der Waals surface area contributed by atoms with Gasteiger partial charge in [0.05, 0.1) is 19.1 Å². The van der Waals surface area contributed by atoms with E-state index < -0.39 is 11.4 Å². The molecule has 0 aliphatic rings. The average Bonchev–Trinajstić information content (AvgIpc) is 2.51. The number of carboxylic acid groups (broad SMARTS) is 1. The van der Waals surface area contributed by atoms with E-state index in [2.05, 4.69) is 19.2 Å². The highest BCUT2D eigenvalue weighted by atomic mass is 16.5. The Kier molecular flexibility index (Phi) is 8.05. The minimum Gasteiger partial charge on any atom is -0.493 e. The largest absolute Gasteiger partial charge is 0.493 e. The van der Waals surface area contributed by atoms with Crippen LogP contribution in [0.15, 0.2) is 18.2 Å². The van der Waals surface area contributed by atoms with E-state index in [1.165, 1.54) is 0 Å². The van der Waals surface area contributed by atoms with Crippen molar-refractivity contribution < 1.29 is 19.4 Å². The smallest absolute Gasteiger partial charge is 0.309 e. The van der Waals surface area contributed by atoms with Crippen molar-refractivity contribution in [2.45, 2.75) is 47.1 Å². The van der Waals surface area contributed by atoms with Crippen molar-refractivity contribution in [1.82, 2.24) is 5.32 Å². The number of rotatable bonds is 11. The number of hydrogen-bond donors (Lipinski definition) is 2. The summed E-state index contributed by atoms with van der Waals surface area (Å²) in [6.07, 6.45) is 1.58. The van der Waals surface area contributed by atoms with E-state index in [-0.39, 0.29) is 0 Å². The molecule has 24 heavy (non-hydrogen) atoms. The van der Waals surface area contributed by atoms with Gasteiger partial charge in [-0.25, -0.2) is 0 Å². The number of methoxy groups -OCH3 is 1. The molecule has 0 fully saturated rings. The molecule has 0 radical (unpaired) electrons. The van der Waals surface area contributed by atoms with Crippen LogP contribution in [0.3, 0.4) is 0 Å². The van der Waals surface area contributed by atoms with Crippen LogP contribution < -0.4 is 14.8 Å². The fraction of sp³-hybridized carbons (Fsp3) is 0.632. The number of hydrogen-bond acceptors (Lipinski definition) is 4. The number of carbonyl (C=O) groups is 1. The van der Waals surface area contributed by atoms with Crippen LogP contribution in [0, 0.1) is 11.3 Å². The zero-order valence-electron chi connectivity index (χ0n) is 15.5. The molecule has 0 saturated heterocycles. The molecule has 0 aliphatic carbocycles. The van der Waals surface area contributed by atoms with Crippen molar-refractivity contribution in [2.75, 3.05) is 20.3 Å². The van der Waals surface area contributed by atoms with Crippen LogP contribution in [0.2, 0.25) is 0 Å². The van der Waals surface area contributed by atoms with Gasteiger partial charge in [-0.05, 0) is 56.8 Å². The van der Waals surface area contributed by atoms with Gasteiger partial charge in [0.2, 0.25) is 0 Å². The third-order valence-electron chi connectivity index (χ3n) is 4.02. The molecule has 0 amide bonds. The normalized spacial score (nSPS) is 11.6. The van der Waals surface area contributed by atoms with E-state index in [0.29, 0.717) is 32.0 Å². The molecule has 0 aliphatic heterocycles. The lowest BCUT2D eigenvalue weighted by Crippen LogP contribution is -2.28. The molecule has 0 bridgehead atoms. The van der Waals surface area contributed by atoms with Crippen molar-refractivity contribution in [1.29, 1.82) is 0 Å². The van der Waals surface area contributed by atoms with Gasteiger partial charge in [-0.1, -0.05) is 19.9 Å². The average molecular weight is 337 g/mol. The fourth-order valence-electron chi connectivity index (χ4n) is 2.09. The Labute approximate surface area is 145 Å². The Balaban J connectivity index is 2.55. The standard InChI is InChI=1S/C19H31NO4/c1-14(2)8-11-24-17-12-15(6-7-16(17)23-5)13-20-10-9-19(3,4)18(21)22/h6-7,12,14,20H,8-11,13H2,1-5H3,(H,21,22). The lowest BCUT2D eigenvalue weighted by atomic mass is 9.90. The zero-order valence-corrected chi connectivity index (χ0v) is 15.5. The summed E-state index contributed by atoms with van der Waals surface area (Å²) in [5.74, 6) is 1.31. The molecule has 2 N–H and O–H groups in total. The van der Waals surface area contributed by atoms with Crippen LogP contribution in [0.1, 0.15) is 46.1 Å². The summed E-state index contributed by atoms with van der Waals surface area (Å²) >= 11 is 0. The van der Waals surface area contributed by atoms with Crippen molar-refractivity contribution in [3.05, 3.63) is 23.8 Å². The third kappa shape index (κ3) is 6.79. The van der Waals surface area contributed by atoms with Gasteiger partial charge in [-0.2, -0.15) is 0 Å². The van der Waals surface area contributed by atoms with Gasteiger partial charge in [0.15, 0.2) is 11.5 Å². The maximum Gasteiger partial charge on any atom is 0.309 e. The maximum atomic E-state index is 11.1. The summed E-state index contributed by atoms with van der Waals surface area (Å²) in [5, 5.41) is 12.4. The number of carboxylic acids is 1. The molecule has 1 aromatic carbocycles. The van der Waals surface area contributed by atoms with Crippen LogP contribution in [-0.4, -0.2) is 31.3 Å². The number of nitrogens with one attached hydrogen (secondary N) is 1. The molecule has 0 heterocycles. The molecule has 136 valence electrons. The molecule has 1 aromatic rings. The monoisotopic (exact) mass is 337 g/mol. The highest BCUT2D eigenvalue weighted by Crippen LogP contribution is 2.28. The van der Waals surface area contributed by atoms with Crippen LogP contribution in [0.25, 0.3) is 0 Å². The first-order chi connectivity index (χ1) is 11.3. The molecule has 0 unspecified atom stereocenters. The van der Waals surface area contributed by atoms with Crippen LogP contribution in [0.4, 0.5) is 0 Å². The third-order valence-corrected chi connectivity index (χ3v) is 4.02. The number of ether oxygens (including phenoxy) is 2. The molecule has 0 spiro atoms. The molecular weight excluding hydrogens is 306 g/mol. The van der Waals surface area contributed by atoms with Crippen molar-refractivity contribution >= 4 is 5.97 Å². The van der Waals surface area contributed by atoms with Crippen LogP contribution >= 0.6 is 0 Å². The Morgan fingerprint density at radius 2 is 2.00 bits per heavy atom. The Bertz CT molecular complexity index is 526. The van der Waals surface area contributed by atoms with Crippen LogP contribution in [0.5, 0.6) is 11.5 Å². The van der Waals surface area contributed by atoms with Crippen LogP contribution in [-0.2, 0) is 11.3 Å². The Morgan fingerprint density at radius 3 is 2.58 bits per heavy atom. The first kappa shape index (κ1) is 20.3. The van der Waals surface area contributed by atoms with Crippen molar-refractivity contribution in [3.63, 3.8) is 0 Å². The van der Waals surface area contributed by atoms with E-state index >= 15 is 0 Å². The topological polar surface area (TPSA) is 67.8 Å². The first-order valence-electron chi connectivity index (χ1n) is 8.50. The summed E-state index contributed by atoms with van der Waals surface area (Å²) in [6, 6.07) is 5.88. The highest BCUT2D eigenvalue weighted by Gasteiger charge is 2.26. The second kappa shape index (κ2) is 9.52. The minimum absolute atomic E-state index is 0.580. The summed E-state index contributed by atoms with van der Waals surface area (Å²) in [5.41, 5.74) is 0.376. The molecule has 0 saturated carbocycles. The van der Waals surface area contributed by atoms with E-state index in [1.807, 2.05) is 18.2 Å². The van der Waals surface area contributed by atoms with E-state index in [1.54, 1.807) is 21.0 Å². The van der Waals surface area contributed by atoms with Gasteiger partial charge in [0.1, 0.15) is 0 Å². The second-order valence-electron chi connectivity index (χ2n) is 7.13. The SMILES string of the molecule is COc1ccc(CNCCC(C)(C)C(=O)O)cc1OCCC(C)C. The molecule has 0 atom stereocenters. The molecule has 5 nitrogen and oxygen atoms in total. The molecule has 1 rings (SSSR count). The quantitative estimate of drug-likeness (QED) is 0.603. The molecular formula is C19H31NO4. The second-order valence-corrected chi connectivity index (χ2v) is 7.13. The highest BCUT2D eigenvalue weighted by molar-refractivity contribution is 5.73. The maximum absolute atomic E-state index is 11.1. The summed E-state index contributed by atoms with van der Waals surface area (Å²) in [6.45, 7) is 9.79. The summed E-state index contributed by atoms with van der Waals surface area (Å²) in [7, 11) is 1.64. The van der Waals surface area contributed by atoms with Crippen molar-refractivity contribution in [3.8, 4) is 11.5 Å². The summed E-state index contributed by atoms with van der Waals surface area (Å²) < 4.78 is 11.2. The predicted molar refractivity (Wildman–Crippen MR) is 95.7 cm³/mol. The van der Waals surface area contributed by atoms with Gasteiger partial charge < -0.3 is 19.9 Å². The van der Waals surface area contributed by atoms with E-state index in [4.69, 9.17) is 14.6 Å². The Hall–Kier alpha value is -1.75. The van der Waals surface area contributed by atoms with Gasteiger partial charge in [-0.15, -0.1) is 0 Å². The minimum atomic E-state index is -0.769. The van der Waals surface area contributed by atoms with Gasteiger partial charge >= 0.3 is 5.97 Å². The fourth-order valence-corrected chi connectivity index (χ4v) is 2.09. The number of benzene rings is 1. The van der Waals surface area contributed by atoms with E-state index in [9.17, 15) is 4.79 Å².